The van der Waals surface area contributed by atoms with Crippen LogP contribution >= 0.6 is 0 Å². The first-order valence-corrected chi connectivity index (χ1v) is 7.52. The van der Waals surface area contributed by atoms with Crippen molar-refractivity contribution in [3.8, 4) is 12.1 Å². The molecular formula is C17H21N5O. The Morgan fingerprint density at radius 3 is 2.30 bits per heavy atom. The largest absolute Gasteiger partial charge is 0.360 e. The Morgan fingerprint density at radius 1 is 1.17 bits per heavy atom. The number of carbonyl (C=O) groups is 1. The third-order valence-corrected chi connectivity index (χ3v) is 3.38. The van der Waals surface area contributed by atoms with Crippen LogP contribution in [0.25, 0.3) is 0 Å². The Bertz CT molecular complexity index is 602. The van der Waals surface area contributed by atoms with Crippen LogP contribution in [0.4, 0.5) is 5.69 Å². The predicted molar refractivity (Wildman–Crippen MR) is 89.5 cm³/mol. The van der Waals surface area contributed by atoms with Crippen LogP contribution in [0.15, 0.2) is 36.0 Å². The molecule has 1 aromatic rings. The van der Waals surface area contributed by atoms with E-state index in [-0.39, 0.29) is 11.5 Å². The average Bonchev–Trinajstić information content (AvgIpc) is 2.60. The molecule has 0 spiro atoms. The molecule has 23 heavy (non-hydrogen) atoms. The summed E-state index contributed by atoms with van der Waals surface area (Å²) in [6, 6.07) is 10.4. The molecule has 0 unspecified atom stereocenters. The first-order chi connectivity index (χ1) is 11.1. The first kappa shape index (κ1) is 18.2. The fourth-order valence-electron chi connectivity index (χ4n) is 1.93. The number of allylic oxidation sites excluding steroid dienone is 1. The molecule has 0 aromatic heterocycles. The highest BCUT2D eigenvalue weighted by Gasteiger charge is 2.05. The fourth-order valence-corrected chi connectivity index (χ4v) is 1.93. The van der Waals surface area contributed by atoms with Crippen molar-refractivity contribution in [2.75, 3.05) is 31.5 Å². The Labute approximate surface area is 137 Å². The molecule has 120 valence electrons. The van der Waals surface area contributed by atoms with E-state index in [4.69, 9.17) is 10.5 Å². The lowest BCUT2D eigenvalue weighted by Gasteiger charge is -2.17. The van der Waals surface area contributed by atoms with Crippen LogP contribution < -0.4 is 10.6 Å². The van der Waals surface area contributed by atoms with E-state index >= 15 is 0 Å². The number of anilines is 1. The summed E-state index contributed by atoms with van der Waals surface area (Å²) in [5.74, 6) is -0.117. The van der Waals surface area contributed by atoms with E-state index < -0.39 is 0 Å². The van der Waals surface area contributed by atoms with Crippen LogP contribution in [0.3, 0.4) is 0 Å². The molecule has 6 heteroatoms. The number of nitriles is 2. The van der Waals surface area contributed by atoms with Gasteiger partial charge in [0.15, 0.2) is 0 Å². The number of hydrogen-bond donors (Lipinski definition) is 2. The summed E-state index contributed by atoms with van der Waals surface area (Å²) >= 11 is 0. The standard InChI is InChI=1S/C17H21N5O/c1-3-22(4-2)10-9-20-17(23)15-5-7-16(8-6-15)21-13-14(11-18)12-19/h5-8,13,21H,3-4,9-10H2,1-2H3,(H,20,23). The maximum Gasteiger partial charge on any atom is 0.251 e. The molecule has 1 rings (SSSR count). The third-order valence-electron chi connectivity index (χ3n) is 3.38. The second-order valence-electron chi connectivity index (χ2n) is 4.79. The summed E-state index contributed by atoms with van der Waals surface area (Å²) in [6.07, 6.45) is 1.33. The van der Waals surface area contributed by atoms with E-state index in [2.05, 4.69) is 29.4 Å². The molecule has 0 heterocycles. The maximum atomic E-state index is 12.0. The zero-order valence-electron chi connectivity index (χ0n) is 13.5. The van der Waals surface area contributed by atoms with Gasteiger partial charge in [-0.3, -0.25) is 4.79 Å². The van der Waals surface area contributed by atoms with Gasteiger partial charge in [0, 0.05) is 30.5 Å². The van der Waals surface area contributed by atoms with Gasteiger partial charge in [0.25, 0.3) is 5.91 Å². The van der Waals surface area contributed by atoms with Crippen LogP contribution in [-0.4, -0.2) is 37.0 Å². The molecule has 0 radical (unpaired) electrons. The number of likely N-dealkylation sites (N-methyl/N-ethyl adjacent to an activating group) is 1. The smallest absolute Gasteiger partial charge is 0.251 e. The van der Waals surface area contributed by atoms with Gasteiger partial charge >= 0.3 is 0 Å². The maximum absolute atomic E-state index is 12.0. The summed E-state index contributed by atoms with van der Waals surface area (Å²) in [4.78, 5) is 14.3. The van der Waals surface area contributed by atoms with Crippen LogP contribution in [0, 0.1) is 22.7 Å². The molecule has 0 saturated heterocycles. The lowest BCUT2D eigenvalue weighted by atomic mass is 10.2. The summed E-state index contributed by atoms with van der Waals surface area (Å²) in [5, 5.41) is 23.0. The third kappa shape index (κ3) is 6.21. The molecule has 0 atom stereocenters. The zero-order valence-corrected chi connectivity index (χ0v) is 13.5. The van der Waals surface area contributed by atoms with Crippen molar-refractivity contribution in [2.24, 2.45) is 0 Å². The molecule has 0 aliphatic carbocycles. The van der Waals surface area contributed by atoms with E-state index in [1.807, 2.05) is 0 Å². The minimum atomic E-state index is -0.117. The number of amides is 1. The van der Waals surface area contributed by atoms with E-state index in [0.29, 0.717) is 17.8 Å². The second-order valence-corrected chi connectivity index (χ2v) is 4.79. The summed E-state index contributed by atoms with van der Waals surface area (Å²) in [5.41, 5.74) is 1.26. The van der Waals surface area contributed by atoms with Gasteiger partial charge in [-0.25, -0.2) is 0 Å². The number of nitrogens with zero attached hydrogens (tertiary/aromatic N) is 3. The molecule has 6 nitrogen and oxygen atoms in total. The Morgan fingerprint density at radius 2 is 1.78 bits per heavy atom. The van der Waals surface area contributed by atoms with Gasteiger partial charge in [-0.2, -0.15) is 10.5 Å². The Hall–Kier alpha value is -2.83. The van der Waals surface area contributed by atoms with Gasteiger partial charge in [-0.15, -0.1) is 0 Å². The van der Waals surface area contributed by atoms with Gasteiger partial charge in [0.05, 0.1) is 0 Å². The van der Waals surface area contributed by atoms with Crippen LogP contribution in [0.5, 0.6) is 0 Å². The number of rotatable bonds is 8. The second kappa shape index (κ2) is 9.99. The molecule has 0 bridgehead atoms. The van der Waals surface area contributed by atoms with Crippen molar-refractivity contribution in [3.63, 3.8) is 0 Å². The molecule has 0 aliphatic heterocycles. The van der Waals surface area contributed by atoms with E-state index in [1.54, 1.807) is 36.4 Å². The molecule has 0 aliphatic rings. The number of nitrogens with one attached hydrogen (secondary N) is 2. The average molecular weight is 311 g/mol. The van der Waals surface area contributed by atoms with Gasteiger partial charge in [0.2, 0.25) is 0 Å². The van der Waals surface area contributed by atoms with E-state index in [9.17, 15) is 4.79 Å². The number of carbonyl (C=O) groups excluding carboxylic acids is 1. The van der Waals surface area contributed by atoms with Crippen molar-refractivity contribution in [1.29, 1.82) is 10.5 Å². The summed E-state index contributed by atoms with van der Waals surface area (Å²) in [7, 11) is 0. The highest BCUT2D eigenvalue weighted by Crippen LogP contribution is 2.10. The SMILES string of the molecule is CCN(CC)CCNC(=O)c1ccc(NC=C(C#N)C#N)cc1. The molecule has 2 N–H and O–H groups in total. The Kier molecular flexibility index (Phi) is 7.91. The van der Waals surface area contributed by atoms with Crippen molar-refractivity contribution >= 4 is 11.6 Å². The quantitative estimate of drug-likeness (QED) is 0.717. The minimum Gasteiger partial charge on any atom is -0.360 e. The van der Waals surface area contributed by atoms with Crippen LogP contribution in [0.2, 0.25) is 0 Å². The highest BCUT2D eigenvalue weighted by molar-refractivity contribution is 5.94. The first-order valence-electron chi connectivity index (χ1n) is 7.52. The lowest BCUT2D eigenvalue weighted by molar-refractivity contribution is 0.0949. The number of benzene rings is 1. The van der Waals surface area contributed by atoms with Gasteiger partial charge < -0.3 is 15.5 Å². The summed E-state index contributed by atoms with van der Waals surface area (Å²) in [6.45, 7) is 7.55. The fraction of sp³-hybridized carbons (Fsp3) is 0.353. The van der Waals surface area contributed by atoms with Crippen molar-refractivity contribution in [2.45, 2.75) is 13.8 Å². The molecule has 0 fully saturated rings. The lowest BCUT2D eigenvalue weighted by Crippen LogP contribution is -2.34. The monoisotopic (exact) mass is 311 g/mol. The predicted octanol–water partition coefficient (Wildman–Crippen LogP) is 2.10. The van der Waals surface area contributed by atoms with Crippen molar-refractivity contribution in [3.05, 3.63) is 41.6 Å². The highest BCUT2D eigenvalue weighted by atomic mass is 16.1. The van der Waals surface area contributed by atoms with Gasteiger partial charge in [-0.1, -0.05) is 13.8 Å². The minimum absolute atomic E-state index is 0.0109. The molecule has 1 amide bonds. The zero-order chi connectivity index (χ0) is 17.1. The van der Waals surface area contributed by atoms with Crippen molar-refractivity contribution < 1.29 is 4.79 Å². The molecule has 1 aromatic carbocycles. The Balaban J connectivity index is 2.53. The van der Waals surface area contributed by atoms with E-state index in [0.717, 1.165) is 19.6 Å². The molecule has 0 saturated carbocycles. The number of hydrogen-bond acceptors (Lipinski definition) is 5. The van der Waals surface area contributed by atoms with Crippen LogP contribution in [0.1, 0.15) is 24.2 Å². The summed E-state index contributed by atoms with van der Waals surface area (Å²) < 4.78 is 0. The molecular weight excluding hydrogens is 290 g/mol. The van der Waals surface area contributed by atoms with Crippen LogP contribution in [-0.2, 0) is 0 Å². The van der Waals surface area contributed by atoms with E-state index in [1.165, 1.54) is 6.20 Å². The normalized spacial score (nSPS) is 9.61. The van der Waals surface area contributed by atoms with Crippen molar-refractivity contribution in [1.82, 2.24) is 10.2 Å². The van der Waals surface area contributed by atoms with Gasteiger partial charge in [0.1, 0.15) is 17.7 Å². The topological polar surface area (TPSA) is 91.9 Å². The van der Waals surface area contributed by atoms with Gasteiger partial charge in [-0.05, 0) is 37.4 Å².